The van der Waals surface area contributed by atoms with Gasteiger partial charge in [-0.3, -0.25) is 4.40 Å². The summed E-state index contributed by atoms with van der Waals surface area (Å²) in [5, 5.41) is 4.16. The Morgan fingerprint density at radius 2 is 1.79 bits per heavy atom. The zero-order valence-electron chi connectivity index (χ0n) is 20.4. The molecule has 0 atom stereocenters. The third-order valence-electron chi connectivity index (χ3n) is 6.29. The summed E-state index contributed by atoms with van der Waals surface area (Å²) in [6, 6.07) is 18.0. The zero-order valence-corrected chi connectivity index (χ0v) is 22.0. The van der Waals surface area contributed by atoms with Crippen LogP contribution in [0.5, 0.6) is 0 Å². The van der Waals surface area contributed by atoms with Crippen LogP contribution in [0.3, 0.4) is 0 Å². The van der Waals surface area contributed by atoms with E-state index in [0.717, 1.165) is 49.1 Å². The highest BCUT2D eigenvalue weighted by molar-refractivity contribution is 7.89. The lowest BCUT2D eigenvalue weighted by atomic mass is 10.1. The normalized spacial score (nSPS) is 12.7. The lowest BCUT2D eigenvalue weighted by Gasteiger charge is -2.22. The summed E-state index contributed by atoms with van der Waals surface area (Å²) in [6.07, 6.45) is -2.38. The number of aromatic nitrogens is 2. The number of rotatable bonds is 9. The molecule has 198 valence electrons. The van der Waals surface area contributed by atoms with Crippen molar-refractivity contribution in [1.29, 1.82) is 0 Å². The van der Waals surface area contributed by atoms with Gasteiger partial charge in [0, 0.05) is 49.5 Å². The van der Waals surface area contributed by atoms with E-state index < -0.39 is 26.7 Å². The summed E-state index contributed by atoms with van der Waals surface area (Å²) in [7, 11) is -2.75. The first-order valence-corrected chi connectivity index (χ1v) is 14.1. The van der Waals surface area contributed by atoms with Gasteiger partial charge in [0.25, 0.3) is 0 Å². The Hall–Kier alpha value is -3.25. The number of halogens is 3. The van der Waals surface area contributed by atoms with Crippen LogP contribution in [0.1, 0.15) is 11.3 Å². The van der Waals surface area contributed by atoms with Crippen molar-refractivity contribution in [2.45, 2.75) is 17.5 Å². The van der Waals surface area contributed by atoms with Crippen molar-refractivity contribution in [3.05, 3.63) is 89.6 Å². The minimum Gasteiger partial charge on any atom is -0.383 e. The number of hydrogen-bond acceptors (Lipinski definition) is 5. The number of nitrogens with zero attached hydrogens (tertiary/aromatic N) is 3. The second-order valence-electron chi connectivity index (χ2n) is 8.74. The molecule has 6 nitrogen and oxygen atoms in total. The van der Waals surface area contributed by atoms with E-state index >= 15 is 0 Å². The summed E-state index contributed by atoms with van der Waals surface area (Å²) >= 11 is 1.45. The summed E-state index contributed by atoms with van der Waals surface area (Å²) in [4.78, 5) is 5.11. The van der Waals surface area contributed by atoms with Gasteiger partial charge in [-0.1, -0.05) is 42.5 Å². The molecule has 0 aliphatic rings. The van der Waals surface area contributed by atoms with E-state index in [2.05, 4.69) is 6.07 Å². The van der Waals surface area contributed by atoms with Gasteiger partial charge in [-0.15, -0.1) is 11.3 Å². The van der Waals surface area contributed by atoms with Gasteiger partial charge in [-0.2, -0.15) is 17.5 Å². The molecule has 0 aliphatic carbocycles. The molecule has 0 fully saturated rings. The molecule has 38 heavy (non-hydrogen) atoms. The topological polar surface area (TPSA) is 63.9 Å². The van der Waals surface area contributed by atoms with Gasteiger partial charge in [-0.25, -0.2) is 13.4 Å². The molecule has 0 bridgehead atoms. The predicted octanol–water partition coefficient (Wildman–Crippen LogP) is 6.11. The average Bonchev–Trinajstić information content (AvgIpc) is 3.49. The molecule has 0 radical (unpaired) electrons. The SMILES string of the molecule is COCCN(CCc1csc2nc(-c3ccc4ccccc4c3)cn12)S(=O)(=O)c1cccc(C(F)(F)F)c1. The van der Waals surface area contributed by atoms with E-state index in [4.69, 9.17) is 9.72 Å². The summed E-state index contributed by atoms with van der Waals surface area (Å²) < 4.78 is 74.4. The maximum atomic E-state index is 13.3. The van der Waals surface area contributed by atoms with Crippen LogP contribution in [0, 0.1) is 0 Å². The lowest BCUT2D eigenvalue weighted by molar-refractivity contribution is -0.137. The van der Waals surface area contributed by atoms with Crippen molar-refractivity contribution in [2.75, 3.05) is 26.8 Å². The van der Waals surface area contributed by atoms with Crippen LogP contribution in [0.25, 0.3) is 27.0 Å². The maximum Gasteiger partial charge on any atom is 0.416 e. The van der Waals surface area contributed by atoms with Crippen LogP contribution in [-0.4, -0.2) is 48.9 Å². The van der Waals surface area contributed by atoms with Crippen LogP contribution in [0.15, 0.2) is 83.2 Å². The van der Waals surface area contributed by atoms with Gasteiger partial charge < -0.3 is 4.74 Å². The molecule has 0 aliphatic heterocycles. The molecule has 0 spiro atoms. The van der Waals surface area contributed by atoms with E-state index in [9.17, 15) is 21.6 Å². The second-order valence-corrected chi connectivity index (χ2v) is 11.5. The highest BCUT2D eigenvalue weighted by atomic mass is 32.2. The molecule has 0 saturated carbocycles. The van der Waals surface area contributed by atoms with Gasteiger partial charge >= 0.3 is 6.18 Å². The molecule has 5 aromatic rings. The molecule has 0 amide bonds. The van der Waals surface area contributed by atoms with Crippen molar-refractivity contribution in [1.82, 2.24) is 13.7 Å². The standard InChI is InChI=1S/C27H24F3N3O3S2/c1-36-14-13-32(38(34,35)24-8-4-7-22(16-24)27(28,29)30)12-11-23-18-37-26-31-25(17-33(23)26)21-10-9-19-5-2-3-6-20(19)15-21/h2-10,15-18H,11-14H2,1H3. The number of fused-ring (bicyclic) bond motifs is 2. The Morgan fingerprint density at radius 1 is 1.00 bits per heavy atom. The van der Waals surface area contributed by atoms with Crippen molar-refractivity contribution in [2.24, 2.45) is 0 Å². The average molecular weight is 560 g/mol. The smallest absolute Gasteiger partial charge is 0.383 e. The van der Waals surface area contributed by atoms with E-state index in [-0.39, 0.29) is 19.7 Å². The van der Waals surface area contributed by atoms with Crippen LogP contribution in [0.2, 0.25) is 0 Å². The van der Waals surface area contributed by atoms with Crippen LogP contribution >= 0.6 is 11.3 Å². The molecule has 2 aromatic heterocycles. The quantitative estimate of drug-likeness (QED) is 0.219. The number of methoxy groups -OCH3 is 1. The Bertz CT molecular complexity index is 1690. The lowest BCUT2D eigenvalue weighted by Crippen LogP contribution is -2.36. The first-order valence-electron chi connectivity index (χ1n) is 11.8. The number of thiazole rings is 1. The van der Waals surface area contributed by atoms with Gasteiger partial charge in [0.1, 0.15) is 0 Å². The van der Waals surface area contributed by atoms with E-state index in [0.29, 0.717) is 12.5 Å². The van der Waals surface area contributed by atoms with Crippen LogP contribution in [0.4, 0.5) is 13.2 Å². The Morgan fingerprint density at radius 3 is 2.55 bits per heavy atom. The number of alkyl halides is 3. The summed E-state index contributed by atoms with van der Waals surface area (Å²) in [5.41, 5.74) is 1.62. The zero-order chi connectivity index (χ0) is 26.9. The van der Waals surface area contributed by atoms with Gasteiger partial charge in [0.2, 0.25) is 10.0 Å². The first-order chi connectivity index (χ1) is 18.2. The van der Waals surface area contributed by atoms with Crippen LogP contribution in [-0.2, 0) is 27.4 Å². The van der Waals surface area contributed by atoms with E-state index in [1.807, 2.05) is 52.4 Å². The third kappa shape index (κ3) is 5.32. The number of hydrogen-bond donors (Lipinski definition) is 0. The number of ether oxygens (including phenoxy) is 1. The second kappa shape index (κ2) is 10.5. The van der Waals surface area contributed by atoms with Gasteiger partial charge in [-0.05, 0) is 35.0 Å². The fourth-order valence-corrected chi connectivity index (χ4v) is 6.64. The Balaban J connectivity index is 1.40. The van der Waals surface area contributed by atoms with Crippen molar-refractivity contribution < 1.29 is 26.3 Å². The molecule has 0 unspecified atom stereocenters. The summed E-state index contributed by atoms with van der Waals surface area (Å²) in [6.45, 7) is 0.181. The molecule has 5 rings (SSSR count). The minimum absolute atomic E-state index is 0.00856. The maximum absolute atomic E-state index is 13.3. The van der Waals surface area contributed by atoms with E-state index in [1.54, 1.807) is 0 Å². The number of imidazole rings is 1. The largest absolute Gasteiger partial charge is 0.416 e. The predicted molar refractivity (Wildman–Crippen MR) is 142 cm³/mol. The minimum atomic E-state index is -4.64. The fourth-order valence-electron chi connectivity index (χ4n) is 4.26. The van der Waals surface area contributed by atoms with Crippen molar-refractivity contribution >= 4 is 37.1 Å². The molecule has 11 heteroatoms. The monoisotopic (exact) mass is 559 g/mol. The fraction of sp³-hybridized carbons (Fsp3) is 0.222. The van der Waals surface area contributed by atoms with Crippen LogP contribution < -0.4 is 0 Å². The van der Waals surface area contributed by atoms with Gasteiger partial charge in [0.15, 0.2) is 4.96 Å². The molecule has 0 saturated heterocycles. The Labute approximate surface area is 222 Å². The van der Waals surface area contributed by atoms with Crippen molar-refractivity contribution in [3.8, 4) is 11.3 Å². The third-order valence-corrected chi connectivity index (χ3v) is 9.07. The first kappa shape index (κ1) is 26.4. The molecule has 3 aromatic carbocycles. The van der Waals surface area contributed by atoms with E-state index in [1.165, 1.54) is 24.5 Å². The Kier molecular flexibility index (Phi) is 7.28. The molecular formula is C27H24F3N3O3S2. The highest BCUT2D eigenvalue weighted by Crippen LogP contribution is 2.31. The molecular weight excluding hydrogens is 535 g/mol. The highest BCUT2D eigenvalue weighted by Gasteiger charge is 2.33. The van der Waals surface area contributed by atoms with Crippen molar-refractivity contribution in [3.63, 3.8) is 0 Å². The number of sulfonamides is 1. The molecule has 2 heterocycles. The summed E-state index contributed by atoms with van der Waals surface area (Å²) in [5.74, 6) is 0. The molecule has 0 N–H and O–H groups in total. The number of benzene rings is 3. The van der Waals surface area contributed by atoms with Gasteiger partial charge in [0.05, 0.1) is 22.8 Å².